The van der Waals surface area contributed by atoms with Crippen molar-refractivity contribution in [2.45, 2.75) is 44.6 Å². The molecule has 0 aromatic heterocycles. The van der Waals surface area contributed by atoms with Gasteiger partial charge in [0.2, 0.25) is 0 Å². The fraction of sp³-hybridized carbons (Fsp3) is 0.500. The topological polar surface area (TPSA) is 74.5 Å². The number of nitriles is 1. The Balaban J connectivity index is 2.01. The second kappa shape index (κ2) is 9.06. The van der Waals surface area contributed by atoms with Crippen molar-refractivity contribution in [3.63, 3.8) is 0 Å². The molecule has 1 aliphatic carbocycles. The maximum atomic E-state index is 12.3. The van der Waals surface area contributed by atoms with Gasteiger partial charge >= 0.3 is 0 Å². The lowest BCUT2D eigenvalue weighted by atomic mass is 9.84. The Morgan fingerprint density at radius 2 is 2.22 bits per heavy atom. The van der Waals surface area contributed by atoms with Crippen LogP contribution in [0, 0.1) is 17.2 Å². The van der Waals surface area contributed by atoms with Crippen molar-refractivity contribution in [3.8, 4) is 6.07 Å². The van der Waals surface area contributed by atoms with E-state index in [4.69, 9.17) is 10.00 Å². The first kappa shape index (κ1) is 17.2. The normalized spacial score (nSPS) is 20.7. The van der Waals surface area contributed by atoms with Crippen molar-refractivity contribution in [2.24, 2.45) is 11.0 Å². The molecule has 0 heterocycles. The summed E-state index contributed by atoms with van der Waals surface area (Å²) in [7, 11) is 1.51. The number of rotatable bonds is 6. The summed E-state index contributed by atoms with van der Waals surface area (Å²) >= 11 is 0. The Hall–Kier alpha value is -2.19. The first-order chi connectivity index (χ1) is 11.3. The number of nitrogens with one attached hydrogen (secondary N) is 1. The zero-order valence-corrected chi connectivity index (χ0v) is 13.5. The Labute approximate surface area is 137 Å². The molecule has 2 rings (SSSR count). The van der Waals surface area contributed by atoms with Crippen LogP contribution in [0.5, 0.6) is 0 Å². The standard InChI is InChI=1S/C18H23N3O2/c1-23-17(15-9-3-2-4-10-15)18(22)21-20-16-12-6-5-8-14(16)11-7-13-19/h2-4,9-10,14,17H,5-8,11-12H2,1H3,(H,21,22)/b20-16-/t14-,17-/m0/s1. The molecule has 0 unspecified atom stereocenters. The van der Waals surface area contributed by atoms with Gasteiger partial charge in [-0.2, -0.15) is 10.4 Å². The largest absolute Gasteiger partial charge is 0.367 e. The van der Waals surface area contributed by atoms with Gasteiger partial charge in [-0.05, 0) is 31.2 Å². The number of benzene rings is 1. The smallest absolute Gasteiger partial charge is 0.273 e. The summed E-state index contributed by atoms with van der Waals surface area (Å²) < 4.78 is 5.31. The zero-order valence-electron chi connectivity index (χ0n) is 13.5. The molecule has 1 aromatic carbocycles. The van der Waals surface area contributed by atoms with E-state index in [2.05, 4.69) is 16.6 Å². The number of hydrogen-bond donors (Lipinski definition) is 1. The van der Waals surface area contributed by atoms with Gasteiger partial charge in [0.1, 0.15) is 0 Å². The molecule has 0 aliphatic heterocycles. The number of ether oxygens (including phenoxy) is 1. The Morgan fingerprint density at radius 1 is 1.43 bits per heavy atom. The second-order valence-corrected chi connectivity index (χ2v) is 5.75. The molecule has 5 nitrogen and oxygen atoms in total. The maximum absolute atomic E-state index is 12.3. The average molecular weight is 313 g/mol. The first-order valence-electron chi connectivity index (χ1n) is 8.07. The zero-order chi connectivity index (χ0) is 16.5. The highest BCUT2D eigenvalue weighted by molar-refractivity contribution is 5.89. The molecule has 0 spiro atoms. The predicted molar refractivity (Wildman–Crippen MR) is 88.6 cm³/mol. The van der Waals surface area contributed by atoms with E-state index in [0.29, 0.717) is 12.3 Å². The van der Waals surface area contributed by atoms with Crippen LogP contribution in [0.3, 0.4) is 0 Å². The van der Waals surface area contributed by atoms with Gasteiger partial charge in [0, 0.05) is 25.2 Å². The highest BCUT2D eigenvalue weighted by atomic mass is 16.5. The average Bonchev–Trinajstić information content (AvgIpc) is 2.60. The molecule has 122 valence electrons. The lowest BCUT2D eigenvalue weighted by Gasteiger charge is -2.23. The Morgan fingerprint density at radius 3 is 2.91 bits per heavy atom. The molecule has 1 aliphatic rings. The van der Waals surface area contributed by atoms with Gasteiger partial charge in [0.05, 0.1) is 6.07 Å². The molecular weight excluding hydrogens is 290 g/mol. The van der Waals surface area contributed by atoms with Crippen LogP contribution in [0.15, 0.2) is 35.4 Å². The molecule has 0 radical (unpaired) electrons. The molecule has 1 aromatic rings. The highest BCUT2D eigenvalue weighted by Crippen LogP contribution is 2.25. The number of hydrazone groups is 1. The third-order valence-corrected chi connectivity index (χ3v) is 4.20. The molecule has 23 heavy (non-hydrogen) atoms. The Bertz CT molecular complexity index is 578. The van der Waals surface area contributed by atoms with Gasteiger partial charge in [-0.3, -0.25) is 4.79 Å². The SMILES string of the molecule is CO[C@H](C(=O)N/N=C1/CCCC[C@H]1CCC#N)c1ccccc1. The molecule has 5 heteroatoms. The van der Waals surface area contributed by atoms with Gasteiger partial charge in [-0.25, -0.2) is 5.43 Å². The van der Waals surface area contributed by atoms with Crippen molar-refractivity contribution in [1.29, 1.82) is 5.26 Å². The molecule has 1 amide bonds. The Kier molecular flexibility index (Phi) is 6.76. The van der Waals surface area contributed by atoms with Gasteiger partial charge in [0.25, 0.3) is 5.91 Å². The first-order valence-corrected chi connectivity index (χ1v) is 8.07. The van der Waals surface area contributed by atoms with Crippen LogP contribution in [0.1, 0.15) is 50.2 Å². The summed E-state index contributed by atoms with van der Waals surface area (Å²) in [5.41, 5.74) is 4.46. The van der Waals surface area contributed by atoms with E-state index in [1.165, 1.54) is 7.11 Å². The third kappa shape index (κ3) is 4.90. The van der Waals surface area contributed by atoms with E-state index in [-0.39, 0.29) is 5.91 Å². The number of amides is 1. The quantitative estimate of drug-likeness (QED) is 0.818. The number of nitrogens with zero attached hydrogens (tertiary/aromatic N) is 2. The van der Waals surface area contributed by atoms with E-state index < -0.39 is 6.10 Å². The van der Waals surface area contributed by atoms with E-state index in [1.807, 2.05) is 30.3 Å². The number of hydrogen-bond acceptors (Lipinski definition) is 4. The molecule has 1 fully saturated rings. The van der Waals surface area contributed by atoms with Gasteiger partial charge in [0.15, 0.2) is 6.10 Å². The third-order valence-electron chi connectivity index (χ3n) is 4.20. The van der Waals surface area contributed by atoms with Crippen molar-refractivity contribution in [2.75, 3.05) is 7.11 Å². The lowest BCUT2D eigenvalue weighted by molar-refractivity contribution is -0.131. The van der Waals surface area contributed by atoms with Crippen LogP contribution >= 0.6 is 0 Å². The van der Waals surface area contributed by atoms with Crippen LogP contribution in [0.25, 0.3) is 0 Å². The van der Waals surface area contributed by atoms with Crippen molar-refractivity contribution in [3.05, 3.63) is 35.9 Å². The molecule has 0 saturated heterocycles. The van der Waals surface area contributed by atoms with E-state index in [9.17, 15) is 4.79 Å². The fourth-order valence-corrected chi connectivity index (χ4v) is 2.97. The molecular formula is C18H23N3O2. The summed E-state index contributed by atoms with van der Waals surface area (Å²) in [6.45, 7) is 0. The summed E-state index contributed by atoms with van der Waals surface area (Å²) in [5.74, 6) is 0.0391. The summed E-state index contributed by atoms with van der Waals surface area (Å²) in [4.78, 5) is 12.3. The van der Waals surface area contributed by atoms with E-state index in [1.54, 1.807) is 0 Å². The number of methoxy groups -OCH3 is 1. The van der Waals surface area contributed by atoms with Gasteiger partial charge in [-0.15, -0.1) is 0 Å². The minimum Gasteiger partial charge on any atom is -0.367 e. The van der Waals surface area contributed by atoms with Crippen LogP contribution in [-0.4, -0.2) is 18.7 Å². The molecule has 1 saturated carbocycles. The summed E-state index contributed by atoms with van der Waals surface area (Å²) in [5, 5.41) is 13.1. The minimum atomic E-state index is -0.665. The second-order valence-electron chi connectivity index (χ2n) is 5.75. The minimum absolute atomic E-state index is 0.268. The summed E-state index contributed by atoms with van der Waals surface area (Å²) in [6, 6.07) is 11.6. The number of carbonyl (C=O) groups excluding carboxylic acids is 1. The van der Waals surface area contributed by atoms with E-state index in [0.717, 1.165) is 43.4 Å². The maximum Gasteiger partial charge on any atom is 0.273 e. The lowest BCUT2D eigenvalue weighted by Crippen LogP contribution is -2.30. The van der Waals surface area contributed by atoms with Crippen molar-refractivity contribution < 1.29 is 9.53 Å². The molecule has 1 N–H and O–H groups in total. The highest BCUT2D eigenvalue weighted by Gasteiger charge is 2.23. The van der Waals surface area contributed by atoms with Crippen molar-refractivity contribution in [1.82, 2.24) is 5.43 Å². The van der Waals surface area contributed by atoms with Gasteiger partial charge in [-0.1, -0.05) is 36.8 Å². The predicted octanol–water partition coefficient (Wildman–Crippen LogP) is 3.34. The summed E-state index contributed by atoms with van der Waals surface area (Å²) in [6.07, 6.45) is 4.86. The van der Waals surface area contributed by atoms with Crippen LogP contribution in [-0.2, 0) is 9.53 Å². The van der Waals surface area contributed by atoms with Crippen LogP contribution < -0.4 is 5.43 Å². The van der Waals surface area contributed by atoms with E-state index >= 15 is 0 Å². The molecule has 0 bridgehead atoms. The molecule has 2 atom stereocenters. The fourth-order valence-electron chi connectivity index (χ4n) is 2.97. The van der Waals surface area contributed by atoms with Crippen molar-refractivity contribution >= 4 is 11.6 Å². The van der Waals surface area contributed by atoms with Crippen LogP contribution in [0.4, 0.5) is 0 Å². The number of carbonyl (C=O) groups is 1. The van der Waals surface area contributed by atoms with Gasteiger partial charge < -0.3 is 4.74 Å². The van der Waals surface area contributed by atoms with Crippen LogP contribution in [0.2, 0.25) is 0 Å². The monoisotopic (exact) mass is 313 g/mol.